The number of fused-ring (bicyclic) bond motifs is 1. The molecule has 0 aliphatic carbocycles. The van der Waals surface area contributed by atoms with Gasteiger partial charge < -0.3 is 14.5 Å². The monoisotopic (exact) mass is 447 g/mol. The summed E-state index contributed by atoms with van der Waals surface area (Å²) in [6, 6.07) is 6.43. The van der Waals surface area contributed by atoms with Gasteiger partial charge in [-0.25, -0.2) is 27.5 Å². The van der Waals surface area contributed by atoms with Gasteiger partial charge >= 0.3 is 6.09 Å². The van der Waals surface area contributed by atoms with E-state index >= 15 is 0 Å². The highest BCUT2D eigenvalue weighted by Crippen LogP contribution is 2.27. The summed E-state index contributed by atoms with van der Waals surface area (Å²) in [5.41, 5.74) is 0.230. The van der Waals surface area contributed by atoms with Crippen molar-refractivity contribution in [3.8, 4) is 11.3 Å². The highest BCUT2D eigenvalue weighted by molar-refractivity contribution is 6.00. The van der Waals surface area contributed by atoms with Gasteiger partial charge in [0, 0.05) is 31.7 Å². The van der Waals surface area contributed by atoms with E-state index in [1.54, 1.807) is 6.92 Å². The number of benzene rings is 1. The molecule has 3 aromatic rings. The first-order valence-electron chi connectivity index (χ1n) is 10.0. The first-order chi connectivity index (χ1) is 15.4. The zero-order valence-electron chi connectivity index (χ0n) is 17.2. The molecule has 1 aliphatic rings. The molecule has 0 spiro atoms. The molecule has 1 aromatic carbocycles. The van der Waals surface area contributed by atoms with Gasteiger partial charge in [0.2, 0.25) is 0 Å². The molecule has 2 aromatic heterocycles. The Hall–Kier alpha value is -3.63. The van der Waals surface area contributed by atoms with Crippen LogP contribution < -0.4 is 0 Å². The van der Waals surface area contributed by atoms with E-state index in [0.717, 1.165) is 4.52 Å². The van der Waals surface area contributed by atoms with Crippen molar-refractivity contribution in [2.45, 2.75) is 13.3 Å². The summed E-state index contributed by atoms with van der Waals surface area (Å²) in [7, 11) is 0. The Labute approximate surface area is 181 Å². The molecule has 4 rings (SSSR count). The lowest BCUT2D eigenvalue weighted by molar-refractivity contribution is 0.0571. The van der Waals surface area contributed by atoms with Crippen LogP contribution in [0.2, 0.25) is 0 Å². The van der Waals surface area contributed by atoms with Gasteiger partial charge in [-0.2, -0.15) is 5.10 Å². The minimum Gasteiger partial charge on any atom is -0.450 e. The van der Waals surface area contributed by atoms with Crippen LogP contribution in [-0.4, -0.2) is 69.2 Å². The predicted molar refractivity (Wildman–Crippen MR) is 108 cm³/mol. The number of piperazine rings is 1. The van der Waals surface area contributed by atoms with Crippen molar-refractivity contribution in [2.24, 2.45) is 0 Å². The topological polar surface area (TPSA) is 80.0 Å². The Bertz CT molecular complexity index is 1140. The van der Waals surface area contributed by atoms with Crippen LogP contribution in [0, 0.1) is 5.82 Å². The quantitative estimate of drug-likeness (QED) is 0.613. The fourth-order valence-corrected chi connectivity index (χ4v) is 3.54. The van der Waals surface area contributed by atoms with Crippen molar-refractivity contribution in [1.29, 1.82) is 0 Å². The van der Waals surface area contributed by atoms with E-state index in [1.807, 2.05) is 0 Å². The molecule has 8 nitrogen and oxygen atoms in total. The summed E-state index contributed by atoms with van der Waals surface area (Å²) in [6.45, 7) is 3.07. The second kappa shape index (κ2) is 8.85. The second-order valence-electron chi connectivity index (χ2n) is 7.15. The number of carbonyl (C=O) groups excluding carboxylic acids is 2. The van der Waals surface area contributed by atoms with Crippen LogP contribution in [0.4, 0.5) is 18.0 Å². The summed E-state index contributed by atoms with van der Waals surface area (Å²) in [6.07, 6.45) is -2.10. The number of hydrogen-bond donors (Lipinski definition) is 0. The fraction of sp³-hybridized carbons (Fsp3) is 0.333. The third kappa shape index (κ3) is 4.10. The molecule has 168 valence electrons. The van der Waals surface area contributed by atoms with E-state index in [4.69, 9.17) is 4.74 Å². The lowest BCUT2D eigenvalue weighted by Gasteiger charge is -2.33. The Morgan fingerprint density at radius 2 is 1.75 bits per heavy atom. The molecule has 0 N–H and O–H groups in total. The van der Waals surface area contributed by atoms with Crippen molar-refractivity contribution in [1.82, 2.24) is 24.4 Å². The van der Waals surface area contributed by atoms with Gasteiger partial charge in [0.05, 0.1) is 18.5 Å². The van der Waals surface area contributed by atoms with Crippen molar-refractivity contribution >= 4 is 17.6 Å². The van der Waals surface area contributed by atoms with E-state index in [9.17, 15) is 22.8 Å². The molecule has 11 heteroatoms. The van der Waals surface area contributed by atoms with Gasteiger partial charge in [-0.3, -0.25) is 4.79 Å². The maximum Gasteiger partial charge on any atom is 0.409 e. The van der Waals surface area contributed by atoms with Crippen molar-refractivity contribution in [3.63, 3.8) is 0 Å². The molecule has 0 atom stereocenters. The number of nitrogens with zero attached hydrogens (tertiary/aromatic N) is 5. The van der Waals surface area contributed by atoms with Gasteiger partial charge in [0.25, 0.3) is 12.3 Å². The van der Waals surface area contributed by atoms with E-state index in [2.05, 4.69) is 10.1 Å². The number of ether oxygens (including phenoxy) is 1. The Morgan fingerprint density at radius 1 is 1.09 bits per heavy atom. The second-order valence-corrected chi connectivity index (χ2v) is 7.15. The summed E-state index contributed by atoms with van der Waals surface area (Å²) >= 11 is 0. The number of aromatic nitrogens is 3. The number of hydrogen-bond acceptors (Lipinski definition) is 5. The third-order valence-electron chi connectivity index (χ3n) is 5.19. The van der Waals surface area contributed by atoms with Crippen LogP contribution in [0.15, 0.2) is 36.5 Å². The minimum atomic E-state index is -2.87. The lowest BCUT2D eigenvalue weighted by Crippen LogP contribution is -2.50. The first-order valence-corrected chi connectivity index (χ1v) is 10.0. The van der Waals surface area contributed by atoms with Crippen molar-refractivity contribution in [2.75, 3.05) is 32.8 Å². The van der Waals surface area contributed by atoms with Crippen LogP contribution in [-0.2, 0) is 4.74 Å². The zero-order valence-corrected chi connectivity index (χ0v) is 17.2. The van der Waals surface area contributed by atoms with Gasteiger partial charge in [-0.05, 0) is 37.3 Å². The number of carbonyl (C=O) groups is 2. The summed E-state index contributed by atoms with van der Waals surface area (Å²) in [4.78, 5) is 32.4. The van der Waals surface area contributed by atoms with Gasteiger partial charge in [-0.15, -0.1) is 0 Å². The SMILES string of the molecule is CCOC(=O)N1CCN(C(=O)c2cnn3c(C(F)F)cc(-c4ccc(F)cc4)nc23)CC1. The molecule has 1 aliphatic heterocycles. The molecule has 0 bridgehead atoms. The Balaban J connectivity index is 1.65. The van der Waals surface area contributed by atoms with E-state index in [1.165, 1.54) is 46.3 Å². The third-order valence-corrected chi connectivity index (χ3v) is 5.19. The molecule has 1 saturated heterocycles. The number of alkyl halides is 2. The smallest absolute Gasteiger partial charge is 0.409 e. The molecule has 0 unspecified atom stereocenters. The van der Waals surface area contributed by atoms with E-state index in [-0.39, 0.29) is 36.6 Å². The van der Waals surface area contributed by atoms with Crippen molar-refractivity contribution in [3.05, 3.63) is 53.6 Å². The van der Waals surface area contributed by atoms with Crippen LogP contribution in [0.5, 0.6) is 0 Å². The molecule has 2 amide bonds. The standard InChI is InChI=1S/C21H20F3N5O3/c1-2-32-21(31)28-9-7-27(8-10-28)20(30)15-12-25-29-17(18(23)24)11-16(26-19(15)29)13-3-5-14(22)6-4-13/h3-6,11-12,18H,2,7-10H2,1H3. The summed E-state index contributed by atoms with van der Waals surface area (Å²) < 4.78 is 46.6. The molecule has 32 heavy (non-hydrogen) atoms. The maximum atomic E-state index is 13.7. The number of amides is 2. The summed E-state index contributed by atoms with van der Waals surface area (Å²) in [5.74, 6) is -0.890. The Morgan fingerprint density at radius 3 is 2.38 bits per heavy atom. The molecule has 1 fully saturated rings. The zero-order chi connectivity index (χ0) is 22.8. The van der Waals surface area contributed by atoms with Crippen LogP contribution in [0.3, 0.4) is 0 Å². The maximum absolute atomic E-state index is 13.7. The summed E-state index contributed by atoms with van der Waals surface area (Å²) in [5, 5.41) is 3.95. The lowest BCUT2D eigenvalue weighted by atomic mass is 10.1. The van der Waals surface area contributed by atoms with Gasteiger partial charge in [0.15, 0.2) is 5.65 Å². The normalized spacial score (nSPS) is 14.3. The molecule has 3 heterocycles. The van der Waals surface area contributed by atoms with Gasteiger partial charge in [-0.1, -0.05) is 0 Å². The molecule has 0 saturated carbocycles. The highest BCUT2D eigenvalue weighted by atomic mass is 19.3. The largest absolute Gasteiger partial charge is 0.450 e. The average Bonchev–Trinajstić information content (AvgIpc) is 3.22. The highest BCUT2D eigenvalue weighted by Gasteiger charge is 2.28. The van der Waals surface area contributed by atoms with E-state index in [0.29, 0.717) is 18.7 Å². The molecular formula is C21H20F3N5O3. The predicted octanol–water partition coefficient (Wildman–Crippen LogP) is 3.39. The van der Waals surface area contributed by atoms with E-state index < -0.39 is 29.9 Å². The fourth-order valence-electron chi connectivity index (χ4n) is 3.54. The minimum absolute atomic E-state index is 0.0139. The number of halogens is 3. The molecular weight excluding hydrogens is 427 g/mol. The van der Waals surface area contributed by atoms with Crippen LogP contribution >= 0.6 is 0 Å². The average molecular weight is 447 g/mol. The molecule has 0 radical (unpaired) electrons. The number of rotatable bonds is 4. The Kier molecular flexibility index (Phi) is 5.97. The van der Waals surface area contributed by atoms with Gasteiger partial charge in [0.1, 0.15) is 17.1 Å². The van der Waals surface area contributed by atoms with Crippen molar-refractivity contribution < 1.29 is 27.5 Å². The van der Waals surface area contributed by atoms with Crippen LogP contribution in [0.1, 0.15) is 29.4 Å². The van der Waals surface area contributed by atoms with Crippen LogP contribution in [0.25, 0.3) is 16.9 Å². The first kappa shape index (κ1) is 21.6.